The Kier molecular flexibility index (Phi) is 3.65. The molecule has 0 saturated heterocycles. The summed E-state index contributed by atoms with van der Waals surface area (Å²) in [4.78, 5) is 15.8. The van der Waals surface area contributed by atoms with Crippen LogP contribution in [0.5, 0.6) is 0 Å². The summed E-state index contributed by atoms with van der Waals surface area (Å²) in [6.45, 7) is 0. The highest BCUT2D eigenvalue weighted by atomic mass is 32.2. The SMILES string of the molecule is Nc1ccc(SCc2csc(C(=O)O)n2)cc1. The van der Waals surface area contributed by atoms with Crippen molar-refractivity contribution < 1.29 is 9.90 Å². The molecule has 2 aromatic rings. The molecule has 88 valence electrons. The van der Waals surface area contributed by atoms with E-state index in [1.807, 2.05) is 24.3 Å². The molecule has 0 aliphatic rings. The van der Waals surface area contributed by atoms with Gasteiger partial charge in [-0.05, 0) is 24.3 Å². The standard InChI is InChI=1S/C11H10N2O2S2/c12-7-1-3-9(4-2-7)16-5-8-6-17-10(13-8)11(14)15/h1-4,6H,5,12H2,(H,14,15). The Morgan fingerprint density at radius 2 is 2.12 bits per heavy atom. The van der Waals surface area contributed by atoms with Crippen molar-refractivity contribution in [3.63, 3.8) is 0 Å². The molecule has 0 aliphatic carbocycles. The maximum Gasteiger partial charge on any atom is 0.365 e. The third-order valence-electron chi connectivity index (χ3n) is 2.00. The maximum atomic E-state index is 10.7. The minimum atomic E-state index is -0.973. The van der Waals surface area contributed by atoms with Crippen LogP contribution in [0.3, 0.4) is 0 Å². The smallest absolute Gasteiger partial charge is 0.365 e. The van der Waals surface area contributed by atoms with Gasteiger partial charge in [0.25, 0.3) is 0 Å². The zero-order valence-electron chi connectivity index (χ0n) is 8.79. The normalized spacial score (nSPS) is 10.4. The lowest BCUT2D eigenvalue weighted by atomic mass is 10.3. The average Bonchev–Trinajstić information content (AvgIpc) is 2.77. The van der Waals surface area contributed by atoms with Gasteiger partial charge in [0.05, 0.1) is 5.69 Å². The fourth-order valence-electron chi connectivity index (χ4n) is 1.19. The summed E-state index contributed by atoms with van der Waals surface area (Å²) in [5.41, 5.74) is 7.10. The number of anilines is 1. The van der Waals surface area contributed by atoms with Crippen LogP contribution in [0, 0.1) is 0 Å². The van der Waals surface area contributed by atoms with E-state index in [1.165, 1.54) is 0 Å². The third kappa shape index (κ3) is 3.21. The van der Waals surface area contributed by atoms with Gasteiger partial charge in [-0.25, -0.2) is 9.78 Å². The quantitative estimate of drug-likeness (QED) is 0.657. The van der Waals surface area contributed by atoms with Crippen LogP contribution < -0.4 is 5.73 Å². The zero-order valence-corrected chi connectivity index (χ0v) is 10.4. The molecule has 0 aliphatic heterocycles. The molecule has 0 amide bonds. The summed E-state index contributed by atoms with van der Waals surface area (Å²) in [7, 11) is 0. The van der Waals surface area contributed by atoms with Crippen LogP contribution in [-0.2, 0) is 5.75 Å². The number of carboxylic acids is 1. The molecule has 0 fully saturated rings. The Labute approximate surface area is 106 Å². The number of hydrogen-bond acceptors (Lipinski definition) is 5. The van der Waals surface area contributed by atoms with Gasteiger partial charge in [-0.1, -0.05) is 0 Å². The number of rotatable bonds is 4. The van der Waals surface area contributed by atoms with E-state index in [0.717, 1.165) is 27.6 Å². The van der Waals surface area contributed by atoms with E-state index in [2.05, 4.69) is 4.98 Å². The van der Waals surface area contributed by atoms with Gasteiger partial charge >= 0.3 is 5.97 Å². The molecule has 0 unspecified atom stereocenters. The molecule has 17 heavy (non-hydrogen) atoms. The van der Waals surface area contributed by atoms with Gasteiger partial charge in [0, 0.05) is 21.7 Å². The van der Waals surface area contributed by atoms with Crippen molar-refractivity contribution in [2.45, 2.75) is 10.6 Å². The Balaban J connectivity index is 1.97. The van der Waals surface area contributed by atoms with Gasteiger partial charge in [0.2, 0.25) is 5.01 Å². The molecular formula is C11H10N2O2S2. The van der Waals surface area contributed by atoms with Crippen molar-refractivity contribution in [2.24, 2.45) is 0 Å². The second-order valence-electron chi connectivity index (χ2n) is 3.31. The molecule has 0 radical (unpaired) electrons. The van der Waals surface area contributed by atoms with Gasteiger partial charge in [-0.2, -0.15) is 0 Å². The Hall–Kier alpha value is -1.53. The van der Waals surface area contributed by atoms with Crippen molar-refractivity contribution in [3.05, 3.63) is 40.3 Å². The van der Waals surface area contributed by atoms with Gasteiger partial charge in [0.15, 0.2) is 0 Å². The molecular weight excluding hydrogens is 256 g/mol. The number of carboxylic acid groups (broad SMARTS) is 1. The van der Waals surface area contributed by atoms with E-state index in [-0.39, 0.29) is 5.01 Å². The third-order valence-corrected chi connectivity index (χ3v) is 3.93. The first kappa shape index (κ1) is 11.9. The van der Waals surface area contributed by atoms with Crippen molar-refractivity contribution in [1.29, 1.82) is 0 Å². The minimum Gasteiger partial charge on any atom is -0.476 e. The number of thioether (sulfide) groups is 1. The highest BCUT2D eigenvalue weighted by Gasteiger charge is 2.08. The highest BCUT2D eigenvalue weighted by Crippen LogP contribution is 2.24. The van der Waals surface area contributed by atoms with Gasteiger partial charge < -0.3 is 10.8 Å². The lowest BCUT2D eigenvalue weighted by Crippen LogP contribution is -1.94. The monoisotopic (exact) mass is 266 g/mol. The van der Waals surface area contributed by atoms with Gasteiger partial charge in [-0.15, -0.1) is 23.1 Å². The first-order chi connectivity index (χ1) is 8.15. The molecule has 1 aromatic heterocycles. The maximum absolute atomic E-state index is 10.7. The van der Waals surface area contributed by atoms with Crippen LogP contribution in [0.25, 0.3) is 0 Å². The van der Waals surface area contributed by atoms with Gasteiger partial charge in [-0.3, -0.25) is 0 Å². The first-order valence-electron chi connectivity index (χ1n) is 4.81. The fraction of sp³-hybridized carbons (Fsp3) is 0.0909. The number of nitrogen functional groups attached to an aromatic ring is 1. The molecule has 1 aromatic carbocycles. The van der Waals surface area contributed by atoms with Crippen molar-refractivity contribution in [3.8, 4) is 0 Å². The molecule has 1 heterocycles. The summed E-state index contributed by atoms with van der Waals surface area (Å²) < 4.78 is 0. The summed E-state index contributed by atoms with van der Waals surface area (Å²) in [6, 6.07) is 7.55. The predicted octanol–water partition coefficient (Wildman–Crippen LogP) is 2.72. The summed E-state index contributed by atoms with van der Waals surface area (Å²) in [6.07, 6.45) is 0. The van der Waals surface area contributed by atoms with Crippen LogP contribution in [0.15, 0.2) is 34.5 Å². The topological polar surface area (TPSA) is 76.2 Å². The number of aromatic carboxylic acids is 1. The summed E-state index contributed by atoms with van der Waals surface area (Å²) in [5, 5.41) is 10.6. The Bertz CT molecular complexity index is 523. The predicted molar refractivity (Wildman–Crippen MR) is 69.5 cm³/mol. The van der Waals surface area contributed by atoms with Crippen molar-refractivity contribution in [2.75, 3.05) is 5.73 Å². The van der Waals surface area contributed by atoms with Crippen LogP contribution in [0.1, 0.15) is 15.5 Å². The first-order valence-corrected chi connectivity index (χ1v) is 6.68. The highest BCUT2D eigenvalue weighted by molar-refractivity contribution is 7.98. The Morgan fingerprint density at radius 1 is 1.41 bits per heavy atom. The summed E-state index contributed by atoms with van der Waals surface area (Å²) >= 11 is 2.75. The Morgan fingerprint density at radius 3 is 2.71 bits per heavy atom. The van der Waals surface area contributed by atoms with Crippen molar-refractivity contribution in [1.82, 2.24) is 4.98 Å². The number of thiazole rings is 1. The molecule has 3 N–H and O–H groups in total. The van der Waals surface area contributed by atoms with E-state index >= 15 is 0 Å². The van der Waals surface area contributed by atoms with Crippen LogP contribution in [-0.4, -0.2) is 16.1 Å². The van der Waals surface area contributed by atoms with E-state index in [1.54, 1.807) is 17.1 Å². The number of aromatic nitrogens is 1. The molecule has 0 atom stereocenters. The number of nitrogens with two attached hydrogens (primary N) is 1. The number of carbonyl (C=O) groups is 1. The second kappa shape index (κ2) is 5.20. The number of nitrogens with zero attached hydrogens (tertiary/aromatic N) is 1. The molecule has 2 rings (SSSR count). The lowest BCUT2D eigenvalue weighted by Gasteiger charge is -1.99. The van der Waals surface area contributed by atoms with E-state index in [9.17, 15) is 4.79 Å². The van der Waals surface area contributed by atoms with Crippen LogP contribution in [0.4, 0.5) is 5.69 Å². The largest absolute Gasteiger partial charge is 0.476 e. The number of hydrogen-bond donors (Lipinski definition) is 2. The molecule has 6 heteroatoms. The lowest BCUT2D eigenvalue weighted by molar-refractivity contribution is 0.0696. The minimum absolute atomic E-state index is 0.137. The van der Waals surface area contributed by atoms with Gasteiger partial charge in [0.1, 0.15) is 0 Å². The van der Waals surface area contributed by atoms with E-state index < -0.39 is 5.97 Å². The number of benzene rings is 1. The zero-order chi connectivity index (χ0) is 12.3. The van der Waals surface area contributed by atoms with E-state index in [0.29, 0.717) is 5.75 Å². The molecule has 0 bridgehead atoms. The second-order valence-corrected chi connectivity index (χ2v) is 5.21. The van der Waals surface area contributed by atoms with Crippen molar-refractivity contribution >= 4 is 34.8 Å². The van der Waals surface area contributed by atoms with Crippen LogP contribution in [0.2, 0.25) is 0 Å². The van der Waals surface area contributed by atoms with Crippen LogP contribution >= 0.6 is 23.1 Å². The fourth-order valence-corrected chi connectivity index (χ4v) is 2.74. The molecule has 0 saturated carbocycles. The molecule has 0 spiro atoms. The van der Waals surface area contributed by atoms with E-state index in [4.69, 9.17) is 10.8 Å². The summed E-state index contributed by atoms with van der Waals surface area (Å²) in [5.74, 6) is -0.313. The average molecular weight is 266 g/mol. The molecule has 4 nitrogen and oxygen atoms in total.